The Hall–Kier alpha value is -0.870. The summed E-state index contributed by atoms with van der Waals surface area (Å²) in [5.74, 6) is 0.354. The Morgan fingerprint density at radius 1 is 1.33 bits per heavy atom. The van der Waals surface area contributed by atoms with Crippen LogP contribution in [0.4, 0.5) is 0 Å². The van der Waals surface area contributed by atoms with Gasteiger partial charge in [0, 0.05) is 6.54 Å². The van der Waals surface area contributed by atoms with E-state index >= 15 is 0 Å². The molecule has 2 fully saturated rings. The third-order valence-electron chi connectivity index (χ3n) is 4.96. The molecule has 2 heterocycles. The Kier molecular flexibility index (Phi) is 4.65. The fourth-order valence-corrected chi connectivity index (χ4v) is 4.44. The van der Waals surface area contributed by atoms with Crippen LogP contribution in [0.25, 0.3) is 0 Å². The van der Waals surface area contributed by atoms with Gasteiger partial charge in [0.2, 0.25) is 5.91 Å². The fourth-order valence-electron chi connectivity index (χ4n) is 3.76. The summed E-state index contributed by atoms with van der Waals surface area (Å²) in [5.41, 5.74) is 1.00. The number of nitrogens with zero attached hydrogens (tertiary/aromatic N) is 1. The van der Waals surface area contributed by atoms with Crippen LogP contribution >= 0.6 is 11.3 Å². The van der Waals surface area contributed by atoms with E-state index in [1.54, 1.807) is 11.3 Å². The Labute approximate surface area is 131 Å². The first-order valence-electron chi connectivity index (χ1n) is 8.38. The molecule has 1 aliphatic heterocycles. The number of hydrogen-bond acceptors (Lipinski definition) is 3. The maximum atomic E-state index is 13.0. The number of nitrogens with one attached hydrogen (secondary N) is 1. The van der Waals surface area contributed by atoms with E-state index in [2.05, 4.69) is 34.0 Å². The van der Waals surface area contributed by atoms with Crippen molar-refractivity contribution in [2.24, 2.45) is 0 Å². The van der Waals surface area contributed by atoms with Crippen molar-refractivity contribution in [1.29, 1.82) is 0 Å². The van der Waals surface area contributed by atoms with Crippen molar-refractivity contribution >= 4 is 17.2 Å². The normalized spacial score (nSPS) is 24.3. The smallest absolute Gasteiger partial charge is 0.244 e. The second kappa shape index (κ2) is 6.49. The lowest BCUT2D eigenvalue weighted by atomic mass is 9.98. The Morgan fingerprint density at radius 2 is 2.14 bits per heavy atom. The zero-order valence-corrected chi connectivity index (χ0v) is 13.8. The van der Waals surface area contributed by atoms with E-state index in [9.17, 15) is 4.79 Å². The molecule has 1 spiro atoms. The Morgan fingerprint density at radius 3 is 2.81 bits per heavy atom. The summed E-state index contributed by atoms with van der Waals surface area (Å²) in [6.07, 6.45) is 9.34. The maximum Gasteiger partial charge on any atom is 0.244 e. The van der Waals surface area contributed by atoms with Gasteiger partial charge in [-0.05, 0) is 41.7 Å². The molecule has 1 saturated heterocycles. The van der Waals surface area contributed by atoms with Crippen molar-refractivity contribution in [3.05, 3.63) is 22.4 Å². The van der Waals surface area contributed by atoms with Gasteiger partial charge in [0.1, 0.15) is 6.17 Å². The van der Waals surface area contributed by atoms with Gasteiger partial charge in [-0.25, -0.2) is 0 Å². The van der Waals surface area contributed by atoms with Gasteiger partial charge in [0.05, 0.1) is 5.54 Å². The van der Waals surface area contributed by atoms with Crippen LogP contribution in [0, 0.1) is 0 Å². The molecule has 1 amide bonds. The fraction of sp³-hybridized carbons (Fsp3) is 0.706. The lowest BCUT2D eigenvalue weighted by Crippen LogP contribution is -2.44. The van der Waals surface area contributed by atoms with Crippen LogP contribution in [0.1, 0.15) is 70.0 Å². The highest BCUT2D eigenvalue weighted by atomic mass is 32.1. The highest BCUT2D eigenvalue weighted by Gasteiger charge is 2.52. The molecule has 116 valence electrons. The Balaban J connectivity index is 1.74. The number of rotatable bonds is 6. The molecule has 4 heteroatoms. The summed E-state index contributed by atoms with van der Waals surface area (Å²) in [4.78, 5) is 15.1. The maximum absolute atomic E-state index is 13.0. The van der Waals surface area contributed by atoms with Crippen LogP contribution in [-0.4, -0.2) is 22.9 Å². The average Bonchev–Trinajstić information content (AvgIpc) is 3.21. The summed E-state index contributed by atoms with van der Waals surface area (Å²) in [7, 11) is 0. The molecule has 0 bridgehead atoms. The van der Waals surface area contributed by atoms with Gasteiger partial charge in [0.15, 0.2) is 0 Å². The van der Waals surface area contributed by atoms with Crippen LogP contribution in [-0.2, 0) is 4.79 Å². The van der Waals surface area contributed by atoms with E-state index < -0.39 is 0 Å². The van der Waals surface area contributed by atoms with E-state index in [1.165, 1.54) is 37.7 Å². The summed E-state index contributed by atoms with van der Waals surface area (Å²) in [6.45, 7) is 3.12. The van der Waals surface area contributed by atoms with Gasteiger partial charge in [-0.15, -0.1) is 0 Å². The second-order valence-corrected chi connectivity index (χ2v) is 7.23. The number of thiophene rings is 1. The van der Waals surface area contributed by atoms with E-state index in [4.69, 9.17) is 0 Å². The van der Waals surface area contributed by atoms with Crippen molar-refractivity contribution in [2.45, 2.75) is 70.0 Å². The first-order chi connectivity index (χ1) is 10.3. The molecule has 1 N–H and O–H groups in total. The molecular weight excluding hydrogens is 280 g/mol. The van der Waals surface area contributed by atoms with Crippen molar-refractivity contribution in [3.63, 3.8) is 0 Å². The monoisotopic (exact) mass is 306 g/mol. The van der Waals surface area contributed by atoms with Crippen molar-refractivity contribution in [2.75, 3.05) is 6.54 Å². The van der Waals surface area contributed by atoms with Gasteiger partial charge in [-0.1, -0.05) is 39.0 Å². The SMILES string of the molecule is CCCCCCN1C(=O)C2(CCCC2)NC1c1ccsc1. The van der Waals surface area contributed by atoms with E-state index in [0.717, 1.165) is 25.8 Å². The van der Waals surface area contributed by atoms with E-state index in [0.29, 0.717) is 5.91 Å². The average molecular weight is 306 g/mol. The summed E-state index contributed by atoms with van der Waals surface area (Å²) >= 11 is 1.71. The summed E-state index contributed by atoms with van der Waals surface area (Å²) in [6, 6.07) is 2.16. The first kappa shape index (κ1) is 15.0. The lowest BCUT2D eigenvalue weighted by molar-refractivity contribution is -0.133. The minimum atomic E-state index is -0.253. The molecular formula is C17H26N2OS. The van der Waals surface area contributed by atoms with Crippen molar-refractivity contribution in [1.82, 2.24) is 10.2 Å². The van der Waals surface area contributed by atoms with E-state index in [1.807, 2.05) is 0 Å². The first-order valence-corrected chi connectivity index (χ1v) is 9.32. The molecule has 1 unspecified atom stereocenters. The third-order valence-corrected chi connectivity index (χ3v) is 5.66. The number of amides is 1. The minimum absolute atomic E-state index is 0.100. The van der Waals surface area contributed by atoms with Crippen LogP contribution in [0.5, 0.6) is 0 Å². The molecule has 21 heavy (non-hydrogen) atoms. The molecule has 0 radical (unpaired) electrons. The highest BCUT2D eigenvalue weighted by Crippen LogP contribution is 2.41. The molecule has 1 aliphatic carbocycles. The second-order valence-electron chi connectivity index (χ2n) is 6.45. The van der Waals surface area contributed by atoms with Gasteiger partial charge in [0.25, 0.3) is 0 Å². The number of carbonyl (C=O) groups excluding carboxylic acids is 1. The topological polar surface area (TPSA) is 32.3 Å². The highest BCUT2D eigenvalue weighted by molar-refractivity contribution is 7.07. The minimum Gasteiger partial charge on any atom is -0.321 e. The number of carbonyl (C=O) groups is 1. The van der Waals surface area contributed by atoms with Gasteiger partial charge in [-0.2, -0.15) is 11.3 Å². The zero-order chi connectivity index (χ0) is 14.7. The number of hydrogen-bond donors (Lipinski definition) is 1. The molecule has 3 nitrogen and oxygen atoms in total. The molecule has 0 aromatic carbocycles. The standard InChI is InChI=1S/C17H26N2OS/c1-2-3-4-7-11-19-15(14-8-12-21-13-14)18-17(16(19)20)9-5-6-10-17/h8,12-13,15,18H,2-7,9-11H2,1H3. The molecule has 1 atom stereocenters. The van der Waals surface area contributed by atoms with Crippen LogP contribution in [0.15, 0.2) is 16.8 Å². The zero-order valence-electron chi connectivity index (χ0n) is 12.9. The molecule has 1 saturated carbocycles. The van der Waals surface area contributed by atoms with Crippen molar-refractivity contribution in [3.8, 4) is 0 Å². The predicted molar refractivity (Wildman–Crippen MR) is 87.2 cm³/mol. The largest absolute Gasteiger partial charge is 0.321 e. The number of unbranched alkanes of at least 4 members (excludes halogenated alkanes) is 3. The molecule has 3 rings (SSSR count). The quantitative estimate of drug-likeness (QED) is 0.803. The third kappa shape index (κ3) is 2.88. The summed E-state index contributed by atoms with van der Waals surface area (Å²) < 4.78 is 0. The molecule has 1 aromatic heterocycles. The van der Waals surface area contributed by atoms with E-state index in [-0.39, 0.29) is 11.7 Å². The Bertz CT molecular complexity index is 465. The summed E-state index contributed by atoms with van der Waals surface area (Å²) in [5, 5.41) is 7.98. The van der Waals surface area contributed by atoms with Gasteiger partial charge in [-0.3, -0.25) is 10.1 Å². The van der Waals surface area contributed by atoms with Gasteiger partial charge >= 0.3 is 0 Å². The van der Waals surface area contributed by atoms with Crippen molar-refractivity contribution < 1.29 is 4.79 Å². The van der Waals surface area contributed by atoms with Crippen LogP contribution < -0.4 is 5.32 Å². The van der Waals surface area contributed by atoms with Crippen LogP contribution in [0.2, 0.25) is 0 Å². The predicted octanol–water partition coefficient (Wildman–Crippen LogP) is 4.07. The lowest BCUT2D eigenvalue weighted by Gasteiger charge is -2.23. The molecule has 2 aliphatic rings. The van der Waals surface area contributed by atoms with Crippen LogP contribution in [0.3, 0.4) is 0 Å². The molecule has 1 aromatic rings. The van der Waals surface area contributed by atoms with Gasteiger partial charge < -0.3 is 4.90 Å².